The number of benzene rings is 1. The summed E-state index contributed by atoms with van der Waals surface area (Å²) in [5, 5.41) is 21.9. The first-order valence-corrected chi connectivity index (χ1v) is 6.03. The molecule has 0 aliphatic carbocycles. The third-order valence-electron chi connectivity index (χ3n) is 2.41. The zero-order chi connectivity index (χ0) is 16.0. The summed E-state index contributed by atoms with van der Waals surface area (Å²) in [6.45, 7) is 3.37. The van der Waals surface area contributed by atoms with Crippen molar-refractivity contribution in [3.05, 3.63) is 24.0 Å². The van der Waals surface area contributed by atoms with E-state index < -0.39 is 11.7 Å². The first-order chi connectivity index (χ1) is 9.85. The number of nitrogens with two attached hydrogens (primary N) is 1. The molecule has 0 saturated heterocycles. The van der Waals surface area contributed by atoms with E-state index in [1.54, 1.807) is 19.9 Å². The number of nitrogens with zero attached hydrogens (tertiary/aromatic N) is 2. The van der Waals surface area contributed by atoms with Crippen molar-refractivity contribution in [2.45, 2.75) is 13.8 Å². The highest BCUT2D eigenvalue weighted by Crippen LogP contribution is 2.20. The number of amides is 1. The molecule has 0 heterocycles. The number of nitriles is 1. The zero-order valence-corrected chi connectivity index (χ0v) is 11.6. The number of nitrogens with one attached hydrogen (secondary N) is 3. The smallest absolute Gasteiger partial charge is 0.227 e. The maximum atomic E-state index is 13.6. The topological polar surface area (TPSA) is 127 Å². The fourth-order valence-electron chi connectivity index (χ4n) is 1.23. The van der Waals surface area contributed by atoms with E-state index in [0.29, 0.717) is 5.69 Å². The SMILES string of the molecule is CC(C)C(=O)Nc1cc(N/N=C(\C#N)C(=N)N)ccc1F. The highest BCUT2D eigenvalue weighted by atomic mass is 19.1. The van der Waals surface area contributed by atoms with Crippen LogP contribution in [0.3, 0.4) is 0 Å². The van der Waals surface area contributed by atoms with Gasteiger partial charge in [-0.2, -0.15) is 10.4 Å². The van der Waals surface area contributed by atoms with E-state index in [1.807, 2.05) is 0 Å². The molecule has 21 heavy (non-hydrogen) atoms. The van der Waals surface area contributed by atoms with Gasteiger partial charge in [0.1, 0.15) is 11.9 Å². The maximum absolute atomic E-state index is 13.6. The minimum atomic E-state index is -0.592. The number of anilines is 2. The Hall–Kier alpha value is -2.95. The molecule has 1 aromatic rings. The summed E-state index contributed by atoms with van der Waals surface area (Å²) in [6.07, 6.45) is 0. The molecular formula is C13H15FN6O. The van der Waals surface area contributed by atoms with E-state index in [2.05, 4.69) is 15.8 Å². The Labute approximate surface area is 121 Å². The monoisotopic (exact) mass is 290 g/mol. The Morgan fingerprint density at radius 3 is 2.71 bits per heavy atom. The average Bonchev–Trinajstić information content (AvgIpc) is 2.42. The van der Waals surface area contributed by atoms with Crippen LogP contribution in [0.1, 0.15) is 13.8 Å². The molecule has 1 amide bonds. The number of hydrogen-bond acceptors (Lipinski definition) is 5. The van der Waals surface area contributed by atoms with Crippen LogP contribution in [0.25, 0.3) is 0 Å². The van der Waals surface area contributed by atoms with Crippen molar-refractivity contribution < 1.29 is 9.18 Å². The molecule has 0 saturated carbocycles. The number of amidine groups is 1. The van der Waals surface area contributed by atoms with Crippen LogP contribution in [0.5, 0.6) is 0 Å². The van der Waals surface area contributed by atoms with Gasteiger partial charge in [-0.1, -0.05) is 13.8 Å². The van der Waals surface area contributed by atoms with Gasteiger partial charge >= 0.3 is 0 Å². The second kappa shape index (κ2) is 7.00. The van der Waals surface area contributed by atoms with Crippen LogP contribution in [-0.4, -0.2) is 17.5 Å². The Kier molecular flexibility index (Phi) is 5.37. The van der Waals surface area contributed by atoms with Crippen LogP contribution >= 0.6 is 0 Å². The summed E-state index contributed by atoms with van der Waals surface area (Å²) in [5.74, 6) is -1.69. The van der Waals surface area contributed by atoms with Crippen LogP contribution in [0, 0.1) is 28.5 Å². The predicted molar refractivity (Wildman–Crippen MR) is 78.5 cm³/mol. The van der Waals surface area contributed by atoms with E-state index in [9.17, 15) is 9.18 Å². The molecule has 0 radical (unpaired) electrons. The molecule has 5 N–H and O–H groups in total. The molecule has 1 aromatic carbocycles. The molecule has 8 heteroatoms. The molecule has 110 valence electrons. The molecule has 0 aliphatic rings. The van der Waals surface area contributed by atoms with Gasteiger partial charge in [0.05, 0.1) is 11.4 Å². The highest BCUT2D eigenvalue weighted by Gasteiger charge is 2.11. The number of hydrogen-bond donors (Lipinski definition) is 4. The summed E-state index contributed by atoms with van der Waals surface area (Å²) in [6, 6.07) is 5.49. The van der Waals surface area contributed by atoms with Gasteiger partial charge in [0.25, 0.3) is 0 Å². The minimum Gasteiger partial charge on any atom is -0.382 e. The summed E-state index contributed by atoms with van der Waals surface area (Å²) in [5.41, 5.74) is 7.65. The molecule has 0 atom stereocenters. The highest BCUT2D eigenvalue weighted by molar-refractivity contribution is 6.45. The fourth-order valence-corrected chi connectivity index (χ4v) is 1.23. The lowest BCUT2D eigenvalue weighted by molar-refractivity contribution is -0.118. The average molecular weight is 290 g/mol. The molecule has 0 bridgehead atoms. The normalized spacial score (nSPS) is 10.9. The van der Waals surface area contributed by atoms with Crippen LogP contribution in [-0.2, 0) is 4.79 Å². The van der Waals surface area contributed by atoms with E-state index in [1.165, 1.54) is 12.1 Å². The van der Waals surface area contributed by atoms with Crippen molar-refractivity contribution in [1.82, 2.24) is 0 Å². The van der Waals surface area contributed by atoms with Gasteiger partial charge in [-0.25, -0.2) is 4.39 Å². The number of hydrazone groups is 1. The van der Waals surface area contributed by atoms with Gasteiger partial charge in [-0.05, 0) is 18.2 Å². The van der Waals surface area contributed by atoms with Gasteiger partial charge < -0.3 is 11.1 Å². The molecule has 0 fully saturated rings. The van der Waals surface area contributed by atoms with Gasteiger partial charge in [0, 0.05) is 5.92 Å². The third kappa shape index (κ3) is 4.58. The van der Waals surface area contributed by atoms with Crippen LogP contribution in [0.4, 0.5) is 15.8 Å². The Morgan fingerprint density at radius 2 is 2.19 bits per heavy atom. The largest absolute Gasteiger partial charge is 0.382 e. The van der Waals surface area contributed by atoms with E-state index >= 15 is 0 Å². The lowest BCUT2D eigenvalue weighted by Crippen LogP contribution is -2.22. The predicted octanol–water partition coefficient (Wildman–Crippen LogP) is 1.65. The Bertz CT molecular complexity index is 632. The Morgan fingerprint density at radius 1 is 1.52 bits per heavy atom. The van der Waals surface area contributed by atoms with Crippen molar-refractivity contribution in [2.75, 3.05) is 10.7 Å². The van der Waals surface area contributed by atoms with Gasteiger partial charge in [0.2, 0.25) is 11.6 Å². The number of halogens is 1. The zero-order valence-electron chi connectivity index (χ0n) is 11.6. The van der Waals surface area contributed by atoms with E-state index in [0.717, 1.165) is 6.07 Å². The summed E-state index contributed by atoms with van der Waals surface area (Å²) < 4.78 is 13.6. The molecule has 0 aromatic heterocycles. The standard InChI is InChI=1S/C13H15FN6O/c1-7(2)13(21)18-10-5-8(3-4-9(10)14)19-20-11(6-15)12(16)17/h3-5,7,19H,1-2H3,(H3,16,17)(H,18,21)/b20-11+. The van der Waals surface area contributed by atoms with Crippen molar-refractivity contribution in [2.24, 2.45) is 16.8 Å². The maximum Gasteiger partial charge on any atom is 0.227 e. The van der Waals surface area contributed by atoms with Gasteiger partial charge in [-0.15, -0.1) is 0 Å². The molecule has 7 nitrogen and oxygen atoms in total. The van der Waals surface area contributed by atoms with Gasteiger partial charge in [0.15, 0.2) is 5.84 Å². The second-order valence-electron chi connectivity index (χ2n) is 4.44. The molecule has 0 aliphatic heterocycles. The van der Waals surface area contributed by atoms with E-state index in [4.69, 9.17) is 16.4 Å². The first-order valence-electron chi connectivity index (χ1n) is 6.03. The lowest BCUT2D eigenvalue weighted by atomic mass is 10.2. The molecule has 1 rings (SSSR count). The second-order valence-corrected chi connectivity index (χ2v) is 4.44. The van der Waals surface area contributed by atoms with Crippen molar-refractivity contribution in [1.29, 1.82) is 10.7 Å². The minimum absolute atomic E-state index is 0.00441. The number of carbonyl (C=O) groups is 1. The molecular weight excluding hydrogens is 275 g/mol. The lowest BCUT2D eigenvalue weighted by Gasteiger charge is -2.10. The molecule has 0 spiro atoms. The van der Waals surface area contributed by atoms with Crippen molar-refractivity contribution in [3.63, 3.8) is 0 Å². The Balaban J connectivity index is 2.95. The van der Waals surface area contributed by atoms with Crippen LogP contribution in [0.15, 0.2) is 23.3 Å². The quantitative estimate of drug-likeness (QED) is 0.373. The van der Waals surface area contributed by atoms with Gasteiger partial charge in [-0.3, -0.25) is 15.6 Å². The molecule has 0 unspecified atom stereocenters. The summed E-state index contributed by atoms with van der Waals surface area (Å²) >= 11 is 0. The number of carbonyl (C=O) groups excluding carboxylic acids is 1. The summed E-state index contributed by atoms with van der Waals surface area (Å²) in [4.78, 5) is 11.6. The van der Waals surface area contributed by atoms with E-state index in [-0.39, 0.29) is 23.2 Å². The fraction of sp³-hybridized carbons (Fsp3) is 0.231. The summed E-state index contributed by atoms with van der Waals surface area (Å²) in [7, 11) is 0. The van der Waals surface area contributed by atoms with Crippen molar-refractivity contribution in [3.8, 4) is 6.07 Å². The van der Waals surface area contributed by atoms with Crippen LogP contribution in [0.2, 0.25) is 0 Å². The number of rotatable bonds is 5. The first kappa shape index (κ1) is 16.1. The third-order valence-corrected chi connectivity index (χ3v) is 2.41. The van der Waals surface area contributed by atoms with Crippen molar-refractivity contribution >= 4 is 28.8 Å². The van der Waals surface area contributed by atoms with Crippen LogP contribution < -0.4 is 16.5 Å².